The third kappa shape index (κ3) is 77.1. The van der Waals surface area contributed by atoms with Crippen molar-refractivity contribution in [3.8, 4) is 0 Å². The fourth-order valence-corrected chi connectivity index (χ4v) is 13.5. The molecular formula is C86H165NO5. The second kappa shape index (κ2) is 81.5. The number of amides is 1. The molecule has 0 bridgehead atoms. The molecule has 0 rings (SSSR count). The minimum Gasteiger partial charge on any atom is -0.466 e. The molecule has 0 radical (unpaired) electrons. The van der Waals surface area contributed by atoms with Crippen molar-refractivity contribution >= 4 is 11.9 Å². The smallest absolute Gasteiger partial charge is 0.305 e. The number of carbonyl (C=O) groups is 2. The third-order valence-corrected chi connectivity index (χ3v) is 19.9. The predicted molar refractivity (Wildman–Crippen MR) is 407 cm³/mol. The second-order valence-electron chi connectivity index (χ2n) is 29.2. The lowest BCUT2D eigenvalue weighted by Gasteiger charge is -2.22. The zero-order valence-corrected chi connectivity index (χ0v) is 62.6. The summed E-state index contributed by atoms with van der Waals surface area (Å²) in [4.78, 5) is 24.6. The zero-order chi connectivity index (χ0) is 66.3. The SMILES string of the molecule is CCCCCC/C=C\CCCCCCCC(=O)OCCCCCCCCCCCCCCC/C=C\C/C=C\CCCCCCCCCCCCCCCCCCCC(=O)NC(CO)C(O)CCCCCCCCCCCCCCCCCCCCCCCCCCC. The Kier molecular flexibility index (Phi) is 79.8. The van der Waals surface area contributed by atoms with Crippen LogP contribution in [0.3, 0.4) is 0 Å². The first-order chi connectivity index (χ1) is 45.5. The molecular weight excluding hydrogens is 1130 g/mol. The van der Waals surface area contributed by atoms with Crippen LogP contribution in [0.4, 0.5) is 0 Å². The average Bonchev–Trinajstić information content (AvgIpc) is 3.55. The molecule has 0 saturated carbocycles. The first-order valence-electron chi connectivity index (χ1n) is 42.2. The number of unbranched alkanes of at least 4 members (excludes halogenated alkanes) is 63. The summed E-state index contributed by atoms with van der Waals surface area (Å²) >= 11 is 0. The highest BCUT2D eigenvalue weighted by atomic mass is 16.5. The molecule has 0 fully saturated rings. The van der Waals surface area contributed by atoms with E-state index in [9.17, 15) is 19.8 Å². The molecule has 0 saturated heterocycles. The lowest BCUT2D eigenvalue weighted by Crippen LogP contribution is -2.45. The molecule has 0 aliphatic rings. The Morgan fingerprint density at radius 2 is 0.543 bits per heavy atom. The Morgan fingerprint density at radius 1 is 0.304 bits per heavy atom. The second-order valence-corrected chi connectivity index (χ2v) is 29.2. The normalized spacial score (nSPS) is 12.6. The van der Waals surface area contributed by atoms with E-state index < -0.39 is 12.1 Å². The Hall–Kier alpha value is -1.92. The van der Waals surface area contributed by atoms with E-state index >= 15 is 0 Å². The lowest BCUT2D eigenvalue weighted by atomic mass is 10.0. The van der Waals surface area contributed by atoms with E-state index in [4.69, 9.17) is 4.74 Å². The Labute approximate surface area is 576 Å². The van der Waals surface area contributed by atoms with Gasteiger partial charge in [0.2, 0.25) is 5.91 Å². The number of hydrogen-bond acceptors (Lipinski definition) is 5. The van der Waals surface area contributed by atoms with Gasteiger partial charge in [-0.25, -0.2) is 0 Å². The molecule has 0 aromatic heterocycles. The number of esters is 1. The van der Waals surface area contributed by atoms with Gasteiger partial charge in [-0.05, 0) is 83.5 Å². The Bertz CT molecular complexity index is 1490. The minimum absolute atomic E-state index is 0.0102. The molecule has 6 nitrogen and oxygen atoms in total. The Balaban J connectivity index is 3.37. The monoisotopic (exact) mass is 1290 g/mol. The van der Waals surface area contributed by atoms with Crippen LogP contribution in [0.2, 0.25) is 0 Å². The lowest BCUT2D eigenvalue weighted by molar-refractivity contribution is -0.143. The standard InChI is InChI=1S/C86H165NO5/c1-3-5-7-9-11-13-15-17-18-19-20-21-22-36-39-42-45-48-51-55-58-62-66-70-74-78-84(89)83(82-88)87-85(90)79-75-71-67-63-59-56-52-49-46-43-40-37-34-32-30-28-26-24-23-25-27-29-31-33-35-38-41-44-47-50-53-57-61-65-69-73-77-81-92-86(91)80-76-72-68-64-60-54-16-14-12-10-8-6-4-2/h14,16,23,25,29,31,83-84,88-89H,3-13,15,17-22,24,26-28,30,32-82H2,1-2H3,(H,87,90)/b16-14-,25-23-,31-29-. The number of hydrogen-bond donors (Lipinski definition) is 3. The van der Waals surface area contributed by atoms with Crippen molar-refractivity contribution in [1.29, 1.82) is 0 Å². The van der Waals surface area contributed by atoms with E-state index in [0.717, 1.165) is 51.4 Å². The third-order valence-electron chi connectivity index (χ3n) is 19.9. The maximum absolute atomic E-state index is 12.6. The van der Waals surface area contributed by atoms with Gasteiger partial charge in [-0.3, -0.25) is 9.59 Å². The molecule has 0 aliphatic heterocycles. The van der Waals surface area contributed by atoms with E-state index in [-0.39, 0.29) is 18.5 Å². The van der Waals surface area contributed by atoms with Gasteiger partial charge >= 0.3 is 5.97 Å². The number of aliphatic hydroxyl groups excluding tert-OH is 2. The number of aliphatic hydroxyl groups is 2. The van der Waals surface area contributed by atoms with Gasteiger partial charge in [-0.15, -0.1) is 0 Å². The summed E-state index contributed by atoms with van der Waals surface area (Å²) in [7, 11) is 0. The van der Waals surface area contributed by atoms with Gasteiger partial charge in [0.05, 0.1) is 25.4 Å². The van der Waals surface area contributed by atoms with E-state index in [0.29, 0.717) is 25.9 Å². The molecule has 1 amide bonds. The van der Waals surface area contributed by atoms with Crippen molar-refractivity contribution in [1.82, 2.24) is 5.32 Å². The van der Waals surface area contributed by atoms with Crippen molar-refractivity contribution < 1.29 is 24.5 Å². The van der Waals surface area contributed by atoms with Gasteiger partial charge in [0.15, 0.2) is 0 Å². The topological polar surface area (TPSA) is 95.9 Å². The fourth-order valence-electron chi connectivity index (χ4n) is 13.5. The molecule has 2 atom stereocenters. The van der Waals surface area contributed by atoms with Crippen LogP contribution in [-0.2, 0) is 14.3 Å². The number of rotatable bonds is 80. The molecule has 0 heterocycles. The van der Waals surface area contributed by atoms with E-state index in [1.165, 1.54) is 392 Å². The molecule has 0 aromatic carbocycles. The quantitative estimate of drug-likeness (QED) is 0.0320. The molecule has 6 heteroatoms. The van der Waals surface area contributed by atoms with Crippen LogP contribution in [-0.4, -0.2) is 47.4 Å². The average molecular weight is 1290 g/mol. The van der Waals surface area contributed by atoms with Crippen LogP contribution in [0, 0.1) is 0 Å². The van der Waals surface area contributed by atoms with Gasteiger partial charge in [0.25, 0.3) is 0 Å². The molecule has 0 aromatic rings. The molecule has 0 spiro atoms. The van der Waals surface area contributed by atoms with Gasteiger partial charge in [-0.2, -0.15) is 0 Å². The van der Waals surface area contributed by atoms with Crippen molar-refractivity contribution in [3.05, 3.63) is 36.5 Å². The van der Waals surface area contributed by atoms with Crippen LogP contribution < -0.4 is 5.32 Å². The summed E-state index contributed by atoms with van der Waals surface area (Å²) < 4.78 is 5.49. The number of nitrogens with one attached hydrogen (secondary N) is 1. The largest absolute Gasteiger partial charge is 0.466 e. The summed E-state index contributed by atoms with van der Waals surface area (Å²) in [5.41, 5.74) is 0. The molecule has 0 aliphatic carbocycles. The van der Waals surface area contributed by atoms with Crippen molar-refractivity contribution in [2.24, 2.45) is 0 Å². The Morgan fingerprint density at radius 3 is 0.848 bits per heavy atom. The van der Waals surface area contributed by atoms with Crippen LogP contribution in [0.5, 0.6) is 0 Å². The molecule has 92 heavy (non-hydrogen) atoms. The van der Waals surface area contributed by atoms with Gasteiger partial charge in [0.1, 0.15) is 0 Å². The first-order valence-corrected chi connectivity index (χ1v) is 42.2. The van der Waals surface area contributed by atoms with Crippen LogP contribution >= 0.6 is 0 Å². The van der Waals surface area contributed by atoms with E-state index in [2.05, 4.69) is 55.6 Å². The fraction of sp³-hybridized carbons (Fsp3) is 0.907. The molecule has 544 valence electrons. The number of ether oxygens (including phenoxy) is 1. The van der Waals surface area contributed by atoms with Crippen LogP contribution in [0.25, 0.3) is 0 Å². The predicted octanol–water partition coefficient (Wildman–Crippen LogP) is 28.2. The number of carbonyl (C=O) groups excluding carboxylic acids is 2. The van der Waals surface area contributed by atoms with Crippen LogP contribution in [0.15, 0.2) is 36.5 Å². The molecule has 2 unspecified atom stereocenters. The zero-order valence-electron chi connectivity index (χ0n) is 62.6. The van der Waals surface area contributed by atoms with E-state index in [1.54, 1.807) is 0 Å². The summed E-state index contributed by atoms with van der Waals surface area (Å²) in [6.45, 7) is 4.99. The highest BCUT2D eigenvalue weighted by Crippen LogP contribution is 2.20. The maximum atomic E-state index is 12.6. The van der Waals surface area contributed by atoms with Crippen molar-refractivity contribution in [2.45, 2.75) is 488 Å². The summed E-state index contributed by atoms with van der Waals surface area (Å²) in [6, 6.07) is -0.541. The first kappa shape index (κ1) is 90.1. The summed E-state index contributed by atoms with van der Waals surface area (Å²) in [6.07, 6.45) is 107. The van der Waals surface area contributed by atoms with Gasteiger partial charge < -0.3 is 20.3 Å². The maximum Gasteiger partial charge on any atom is 0.305 e. The highest BCUT2D eigenvalue weighted by Gasteiger charge is 2.20. The minimum atomic E-state index is -0.664. The summed E-state index contributed by atoms with van der Waals surface area (Å²) in [5.74, 6) is -0.0160. The van der Waals surface area contributed by atoms with E-state index in [1.807, 2.05) is 0 Å². The van der Waals surface area contributed by atoms with Gasteiger partial charge in [-0.1, -0.05) is 416 Å². The van der Waals surface area contributed by atoms with Crippen molar-refractivity contribution in [2.75, 3.05) is 13.2 Å². The summed E-state index contributed by atoms with van der Waals surface area (Å²) in [5, 5.41) is 23.5. The van der Waals surface area contributed by atoms with Crippen LogP contribution in [0.1, 0.15) is 476 Å². The number of allylic oxidation sites excluding steroid dienone is 6. The highest BCUT2D eigenvalue weighted by molar-refractivity contribution is 5.76. The molecule has 3 N–H and O–H groups in total. The van der Waals surface area contributed by atoms with Gasteiger partial charge in [0, 0.05) is 12.8 Å². The van der Waals surface area contributed by atoms with Crippen molar-refractivity contribution in [3.63, 3.8) is 0 Å².